The van der Waals surface area contributed by atoms with Crippen molar-refractivity contribution in [2.75, 3.05) is 32.9 Å². The highest BCUT2D eigenvalue weighted by molar-refractivity contribution is 7.88. The summed E-state index contributed by atoms with van der Waals surface area (Å²) in [6.45, 7) is 1.55. The minimum atomic E-state index is -3.12. The average molecular weight is 379 g/mol. The van der Waals surface area contributed by atoms with E-state index in [9.17, 15) is 18.0 Å². The summed E-state index contributed by atoms with van der Waals surface area (Å²) in [6, 6.07) is 6.95. The Morgan fingerprint density at radius 1 is 1.19 bits per heavy atom. The summed E-state index contributed by atoms with van der Waals surface area (Å²) in [5.74, 6) is -0.0525. The van der Waals surface area contributed by atoms with E-state index in [1.54, 1.807) is 37.4 Å². The van der Waals surface area contributed by atoms with Crippen LogP contribution in [-0.4, -0.2) is 57.5 Å². The number of amides is 2. The Morgan fingerprint density at radius 3 is 2.35 bits per heavy atom. The van der Waals surface area contributed by atoms with Crippen LogP contribution in [0.5, 0.6) is 0 Å². The zero-order valence-corrected chi connectivity index (χ0v) is 15.9. The van der Waals surface area contributed by atoms with Crippen LogP contribution >= 0.6 is 0 Å². The second-order valence-electron chi connectivity index (χ2n) is 6.39. The molecule has 1 heterocycles. The Hall–Kier alpha value is -2.19. The molecule has 0 aliphatic carbocycles. The number of rotatable bonds is 6. The second-order valence-corrected chi connectivity index (χ2v) is 8.37. The number of hydrogen-bond donors (Lipinski definition) is 2. The largest absolute Gasteiger partial charge is 0.355 e. The van der Waals surface area contributed by atoms with Gasteiger partial charge in [-0.15, -0.1) is 0 Å². The van der Waals surface area contributed by atoms with E-state index < -0.39 is 10.0 Å². The van der Waals surface area contributed by atoms with Crippen molar-refractivity contribution >= 4 is 27.9 Å². The molecule has 1 fully saturated rings. The molecule has 0 saturated carbocycles. The minimum Gasteiger partial charge on any atom is -0.355 e. The van der Waals surface area contributed by atoms with Gasteiger partial charge < -0.3 is 10.6 Å². The molecule has 1 aliphatic rings. The molecule has 142 valence electrons. The van der Waals surface area contributed by atoms with E-state index >= 15 is 0 Å². The highest BCUT2D eigenvalue weighted by atomic mass is 32.2. The lowest BCUT2D eigenvalue weighted by Gasteiger charge is -2.30. The van der Waals surface area contributed by atoms with Crippen molar-refractivity contribution in [2.24, 2.45) is 5.92 Å². The second kappa shape index (κ2) is 8.95. The molecule has 2 rings (SSSR count). The molecule has 2 N–H and O–H groups in total. The number of nitrogens with one attached hydrogen (secondary N) is 2. The molecular formula is C18H25N3O4S. The smallest absolute Gasteiger partial charge is 0.251 e. The molecule has 7 nitrogen and oxygen atoms in total. The van der Waals surface area contributed by atoms with Crippen LogP contribution in [0.2, 0.25) is 0 Å². The van der Waals surface area contributed by atoms with Gasteiger partial charge in [-0.3, -0.25) is 9.59 Å². The molecule has 1 aromatic carbocycles. The van der Waals surface area contributed by atoms with Crippen molar-refractivity contribution in [1.82, 2.24) is 14.9 Å². The third-order valence-corrected chi connectivity index (χ3v) is 5.74. The predicted octanol–water partition coefficient (Wildman–Crippen LogP) is 0.847. The van der Waals surface area contributed by atoms with Crippen molar-refractivity contribution < 1.29 is 18.0 Å². The topological polar surface area (TPSA) is 95.6 Å². The molecule has 0 unspecified atom stereocenters. The van der Waals surface area contributed by atoms with Gasteiger partial charge in [-0.25, -0.2) is 12.7 Å². The summed E-state index contributed by atoms with van der Waals surface area (Å²) in [6.07, 6.45) is 5.87. The number of hydrogen-bond acceptors (Lipinski definition) is 4. The van der Waals surface area contributed by atoms with E-state index in [1.807, 2.05) is 0 Å². The van der Waals surface area contributed by atoms with Crippen molar-refractivity contribution in [3.63, 3.8) is 0 Å². The third-order valence-electron chi connectivity index (χ3n) is 4.43. The van der Waals surface area contributed by atoms with Gasteiger partial charge in [0, 0.05) is 38.3 Å². The lowest BCUT2D eigenvalue weighted by molar-refractivity contribution is -0.116. The van der Waals surface area contributed by atoms with E-state index in [0.717, 1.165) is 18.4 Å². The Morgan fingerprint density at radius 2 is 1.81 bits per heavy atom. The first-order valence-corrected chi connectivity index (χ1v) is 10.4. The normalized spacial score (nSPS) is 16.5. The minimum absolute atomic E-state index is 0.153. The molecule has 1 saturated heterocycles. The Bertz CT molecular complexity index is 764. The summed E-state index contributed by atoms with van der Waals surface area (Å²) in [7, 11) is -1.55. The molecule has 1 aliphatic heterocycles. The summed E-state index contributed by atoms with van der Waals surface area (Å²) in [5, 5.41) is 5.41. The van der Waals surface area contributed by atoms with Crippen LogP contribution in [0.25, 0.3) is 6.08 Å². The standard InChI is InChI=1S/C18H25N3O4S/c1-19-18(23)16-6-3-14(4-7-16)5-8-17(22)20-13-15-9-11-21(12-10-15)26(2,24)25/h3-8,15H,9-13H2,1-2H3,(H,19,23)(H,20,22)/b8-5+. The van der Waals surface area contributed by atoms with Crippen LogP contribution in [-0.2, 0) is 14.8 Å². The fourth-order valence-corrected chi connectivity index (χ4v) is 3.68. The van der Waals surface area contributed by atoms with Gasteiger partial charge in [0.25, 0.3) is 5.91 Å². The predicted molar refractivity (Wildman–Crippen MR) is 101 cm³/mol. The molecule has 0 atom stereocenters. The maximum absolute atomic E-state index is 11.9. The summed E-state index contributed by atoms with van der Waals surface area (Å²) < 4.78 is 24.4. The third kappa shape index (κ3) is 5.96. The molecule has 1 aromatic rings. The van der Waals surface area contributed by atoms with Gasteiger partial charge in [-0.05, 0) is 42.5 Å². The van der Waals surface area contributed by atoms with Crippen LogP contribution in [0, 0.1) is 5.92 Å². The number of nitrogens with zero attached hydrogens (tertiary/aromatic N) is 1. The first-order chi connectivity index (χ1) is 12.3. The first kappa shape index (κ1) is 20.1. The quantitative estimate of drug-likeness (QED) is 0.716. The van der Waals surface area contributed by atoms with Crippen LogP contribution in [0.15, 0.2) is 30.3 Å². The van der Waals surface area contributed by atoms with E-state index in [4.69, 9.17) is 0 Å². The van der Waals surface area contributed by atoms with Gasteiger partial charge in [0.1, 0.15) is 0 Å². The lowest BCUT2D eigenvalue weighted by atomic mass is 9.98. The van der Waals surface area contributed by atoms with Gasteiger partial charge >= 0.3 is 0 Å². The number of carbonyl (C=O) groups excluding carboxylic acids is 2. The summed E-state index contributed by atoms with van der Waals surface area (Å²) in [4.78, 5) is 23.4. The Labute approximate surface area is 154 Å². The van der Waals surface area contributed by atoms with E-state index in [2.05, 4.69) is 10.6 Å². The van der Waals surface area contributed by atoms with Crippen LogP contribution in [0.3, 0.4) is 0 Å². The van der Waals surface area contributed by atoms with Gasteiger partial charge in [0.05, 0.1) is 6.26 Å². The number of sulfonamides is 1. The highest BCUT2D eigenvalue weighted by Gasteiger charge is 2.24. The van der Waals surface area contributed by atoms with Gasteiger partial charge in [0.15, 0.2) is 0 Å². The molecule has 0 spiro atoms. The maximum atomic E-state index is 11.9. The SMILES string of the molecule is CNC(=O)c1ccc(/C=C/C(=O)NCC2CCN(S(C)(=O)=O)CC2)cc1. The molecule has 2 amide bonds. The van der Waals surface area contributed by atoms with Crippen LogP contribution in [0.1, 0.15) is 28.8 Å². The molecule has 0 aromatic heterocycles. The number of carbonyl (C=O) groups is 2. The Balaban J connectivity index is 1.77. The summed E-state index contributed by atoms with van der Waals surface area (Å²) >= 11 is 0. The maximum Gasteiger partial charge on any atom is 0.251 e. The van der Waals surface area contributed by atoms with E-state index in [-0.39, 0.29) is 17.7 Å². The van der Waals surface area contributed by atoms with Crippen LogP contribution < -0.4 is 10.6 Å². The molecule has 0 radical (unpaired) electrons. The lowest BCUT2D eigenvalue weighted by Crippen LogP contribution is -2.40. The van der Waals surface area contributed by atoms with Gasteiger partial charge in [-0.1, -0.05) is 12.1 Å². The molecular weight excluding hydrogens is 354 g/mol. The molecule has 8 heteroatoms. The average Bonchev–Trinajstić information content (AvgIpc) is 2.64. The van der Waals surface area contributed by atoms with Crippen molar-refractivity contribution in [3.05, 3.63) is 41.5 Å². The van der Waals surface area contributed by atoms with Crippen molar-refractivity contribution in [1.29, 1.82) is 0 Å². The fraction of sp³-hybridized carbons (Fsp3) is 0.444. The number of piperidine rings is 1. The summed E-state index contributed by atoms with van der Waals surface area (Å²) in [5.41, 5.74) is 1.39. The molecule has 26 heavy (non-hydrogen) atoms. The van der Waals surface area contributed by atoms with Gasteiger partial charge in [-0.2, -0.15) is 0 Å². The van der Waals surface area contributed by atoms with E-state index in [1.165, 1.54) is 16.6 Å². The zero-order chi connectivity index (χ0) is 19.2. The van der Waals surface area contributed by atoms with Gasteiger partial charge in [0.2, 0.25) is 15.9 Å². The first-order valence-electron chi connectivity index (χ1n) is 8.53. The Kier molecular flexibility index (Phi) is 6.93. The van der Waals surface area contributed by atoms with E-state index in [0.29, 0.717) is 25.2 Å². The van der Waals surface area contributed by atoms with Crippen LogP contribution in [0.4, 0.5) is 0 Å². The zero-order valence-electron chi connectivity index (χ0n) is 15.1. The van der Waals surface area contributed by atoms with Crippen molar-refractivity contribution in [2.45, 2.75) is 12.8 Å². The monoisotopic (exact) mass is 379 g/mol. The number of benzene rings is 1. The fourth-order valence-electron chi connectivity index (χ4n) is 2.81. The van der Waals surface area contributed by atoms with Crippen molar-refractivity contribution in [3.8, 4) is 0 Å². The molecule has 0 bridgehead atoms. The highest BCUT2D eigenvalue weighted by Crippen LogP contribution is 2.18.